The highest BCUT2D eigenvalue weighted by atomic mass is 16.7. The van der Waals surface area contributed by atoms with Gasteiger partial charge in [-0.2, -0.15) is 0 Å². The van der Waals surface area contributed by atoms with Crippen LogP contribution in [0.25, 0.3) is 0 Å². The van der Waals surface area contributed by atoms with Gasteiger partial charge >= 0.3 is 0 Å². The normalized spacial score (nSPS) is 19.5. The van der Waals surface area contributed by atoms with Gasteiger partial charge in [-0.15, -0.1) is 0 Å². The van der Waals surface area contributed by atoms with E-state index in [2.05, 4.69) is 0 Å². The fourth-order valence-electron chi connectivity index (χ4n) is 1.17. The quantitative estimate of drug-likeness (QED) is 0.573. The van der Waals surface area contributed by atoms with E-state index >= 15 is 0 Å². The largest absolute Gasteiger partial charge is 0.275 e. The molecule has 0 aromatic rings. The van der Waals surface area contributed by atoms with E-state index in [-0.39, 0.29) is 11.8 Å². The Morgan fingerprint density at radius 3 is 2.55 bits per heavy atom. The molecule has 1 amide bonds. The first kappa shape index (κ1) is 8.53. The van der Waals surface area contributed by atoms with Crippen molar-refractivity contribution in [3.05, 3.63) is 0 Å². The highest BCUT2D eigenvalue weighted by Crippen LogP contribution is 2.37. The molecule has 0 heterocycles. The average molecular weight is 157 g/mol. The van der Waals surface area contributed by atoms with Gasteiger partial charge in [-0.05, 0) is 18.8 Å². The van der Waals surface area contributed by atoms with E-state index in [1.807, 2.05) is 6.92 Å². The standard InChI is InChI=1S/C8H15NO2/c1-6(7-4-5-7)8(10)9(2)11-3/h6-7H,4-5H2,1-3H3. The van der Waals surface area contributed by atoms with Crippen LogP contribution < -0.4 is 0 Å². The predicted molar refractivity (Wildman–Crippen MR) is 41.7 cm³/mol. The first-order chi connectivity index (χ1) is 5.16. The SMILES string of the molecule is CON(C)C(=O)C(C)C1CC1. The van der Waals surface area contributed by atoms with E-state index in [0.29, 0.717) is 5.92 Å². The van der Waals surface area contributed by atoms with E-state index < -0.39 is 0 Å². The fourth-order valence-corrected chi connectivity index (χ4v) is 1.17. The van der Waals surface area contributed by atoms with Crippen molar-refractivity contribution in [2.24, 2.45) is 11.8 Å². The minimum atomic E-state index is 0.0926. The highest BCUT2D eigenvalue weighted by molar-refractivity contribution is 5.77. The highest BCUT2D eigenvalue weighted by Gasteiger charge is 2.34. The third-order valence-electron chi connectivity index (χ3n) is 2.30. The van der Waals surface area contributed by atoms with Crippen molar-refractivity contribution in [1.29, 1.82) is 0 Å². The van der Waals surface area contributed by atoms with Crippen molar-refractivity contribution in [3.63, 3.8) is 0 Å². The van der Waals surface area contributed by atoms with Crippen molar-refractivity contribution in [2.75, 3.05) is 14.2 Å². The zero-order valence-corrected chi connectivity index (χ0v) is 7.33. The lowest BCUT2D eigenvalue weighted by molar-refractivity contribution is -0.173. The van der Waals surface area contributed by atoms with Crippen molar-refractivity contribution >= 4 is 5.91 Å². The van der Waals surface area contributed by atoms with Gasteiger partial charge in [0.25, 0.3) is 0 Å². The maximum absolute atomic E-state index is 11.4. The zero-order chi connectivity index (χ0) is 8.43. The minimum Gasteiger partial charge on any atom is -0.275 e. The molecule has 0 N–H and O–H groups in total. The molecule has 3 nitrogen and oxygen atoms in total. The Labute approximate surface area is 67.3 Å². The Bertz CT molecular complexity index is 154. The number of hydrogen-bond donors (Lipinski definition) is 0. The second-order valence-electron chi connectivity index (χ2n) is 3.14. The van der Waals surface area contributed by atoms with E-state index in [1.165, 1.54) is 25.0 Å². The molecule has 1 atom stereocenters. The van der Waals surface area contributed by atoms with E-state index in [0.717, 1.165) is 0 Å². The summed E-state index contributed by atoms with van der Waals surface area (Å²) in [6.07, 6.45) is 2.40. The summed E-state index contributed by atoms with van der Waals surface area (Å²) in [7, 11) is 3.17. The van der Waals surface area contributed by atoms with Gasteiger partial charge in [-0.1, -0.05) is 6.92 Å². The van der Waals surface area contributed by atoms with Gasteiger partial charge in [0.2, 0.25) is 5.91 Å². The van der Waals surface area contributed by atoms with Gasteiger partial charge in [-0.3, -0.25) is 9.63 Å². The van der Waals surface area contributed by atoms with Crippen LogP contribution in [0.15, 0.2) is 0 Å². The topological polar surface area (TPSA) is 29.5 Å². The third-order valence-corrected chi connectivity index (χ3v) is 2.30. The van der Waals surface area contributed by atoms with Gasteiger partial charge < -0.3 is 0 Å². The van der Waals surface area contributed by atoms with Crippen LogP contribution in [0.1, 0.15) is 19.8 Å². The van der Waals surface area contributed by atoms with Crippen LogP contribution in [0.5, 0.6) is 0 Å². The Balaban J connectivity index is 2.38. The molecular weight excluding hydrogens is 142 g/mol. The maximum atomic E-state index is 11.4. The summed E-state index contributed by atoms with van der Waals surface area (Å²) in [6.45, 7) is 1.97. The predicted octanol–water partition coefficient (Wildman–Crippen LogP) is 1.05. The summed E-state index contributed by atoms with van der Waals surface area (Å²) in [4.78, 5) is 16.2. The Morgan fingerprint density at radius 1 is 1.64 bits per heavy atom. The summed E-state index contributed by atoms with van der Waals surface area (Å²) in [5.74, 6) is 0.843. The van der Waals surface area contributed by atoms with Gasteiger partial charge in [-0.25, -0.2) is 5.06 Å². The van der Waals surface area contributed by atoms with Crippen molar-refractivity contribution in [1.82, 2.24) is 5.06 Å². The van der Waals surface area contributed by atoms with Gasteiger partial charge in [0.15, 0.2) is 0 Å². The van der Waals surface area contributed by atoms with Crippen LogP contribution in [-0.2, 0) is 9.63 Å². The van der Waals surface area contributed by atoms with Gasteiger partial charge in [0.05, 0.1) is 7.11 Å². The van der Waals surface area contributed by atoms with Crippen LogP contribution >= 0.6 is 0 Å². The molecule has 1 saturated carbocycles. The molecule has 0 bridgehead atoms. The number of carbonyl (C=O) groups is 1. The summed E-state index contributed by atoms with van der Waals surface area (Å²) in [5.41, 5.74) is 0. The molecule has 1 aliphatic carbocycles. The minimum absolute atomic E-state index is 0.0926. The molecule has 64 valence electrons. The molecule has 0 aromatic heterocycles. The monoisotopic (exact) mass is 157 g/mol. The van der Waals surface area contributed by atoms with Crippen LogP contribution in [0.4, 0.5) is 0 Å². The van der Waals surface area contributed by atoms with Crippen molar-refractivity contribution < 1.29 is 9.63 Å². The van der Waals surface area contributed by atoms with Gasteiger partial charge in [0, 0.05) is 13.0 Å². The first-order valence-corrected chi connectivity index (χ1v) is 3.98. The van der Waals surface area contributed by atoms with Crippen molar-refractivity contribution in [2.45, 2.75) is 19.8 Å². The lowest BCUT2D eigenvalue weighted by atomic mass is 10.1. The van der Waals surface area contributed by atoms with Crippen LogP contribution in [-0.4, -0.2) is 25.1 Å². The summed E-state index contributed by atoms with van der Waals surface area (Å²) in [5, 5.41) is 1.31. The summed E-state index contributed by atoms with van der Waals surface area (Å²) in [6, 6.07) is 0. The molecule has 1 aliphatic rings. The molecule has 0 saturated heterocycles. The second kappa shape index (κ2) is 3.22. The second-order valence-corrected chi connectivity index (χ2v) is 3.14. The third kappa shape index (κ3) is 1.93. The van der Waals surface area contributed by atoms with Gasteiger partial charge in [0.1, 0.15) is 0 Å². The Kier molecular flexibility index (Phi) is 2.49. The Hall–Kier alpha value is -0.570. The fraction of sp³-hybridized carbons (Fsp3) is 0.875. The molecule has 0 aliphatic heterocycles. The maximum Gasteiger partial charge on any atom is 0.248 e. The van der Waals surface area contributed by atoms with E-state index in [4.69, 9.17) is 4.84 Å². The molecule has 1 rings (SSSR count). The number of carbonyl (C=O) groups excluding carboxylic acids is 1. The Morgan fingerprint density at radius 2 is 2.18 bits per heavy atom. The zero-order valence-electron chi connectivity index (χ0n) is 7.33. The number of nitrogens with zero attached hydrogens (tertiary/aromatic N) is 1. The number of rotatable bonds is 3. The van der Waals surface area contributed by atoms with Crippen molar-refractivity contribution in [3.8, 4) is 0 Å². The lowest BCUT2D eigenvalue weighted by Gasteiger charge is -2.17. The first-order valence-electron chi connectivity index (χ1n) is 3.98. The summed E-state index contributed by atoms with van der Waals surface area (Å²) >= 11 is 0. The van der Waals surface area contributed by atoms with Crippen LogP contribution in [0.3, 0.4) is 0 Å². The van der Waals surface area contributed by atoms with E-state index in [1.54, 1.807) is 7.05 Å². The smallest absolute Gasteiger partial charge is 0.248 e. The molecule has 0 aromatic carbocycles. The number of hydrogen-bond acceptors (Lipinski definition) is 2. The molecule has 1 unspecified atom stereocenters. The molecule has 0 radical (unpaired) electrons. The number of amides is 1. The summed E-state index contributed by atoms with van der Waals surface area (Å²) < 4.78 is 0. The molecule has 3 heteroatoms. The molecular formula is C8H15NO2. The lowest BCUT2D eigenvalue weighted by Crippen LogP contribution is -2.31. The van der Waals surface area contributed by atoms with Crippen LogP contribution in [0.2, 0.25) is 0 Å². The van der Waals surface area contributed by atoms with Crippen LogP contribution in [0, 0.1) is 11.8 Å². The molecule has 1 fully saturated rings. The number of hydroxylamine groups is 2. The van der Waals surface area contributed by atoms with E-state index in [9.17, 15) is 4.79 Å². The average Bonchev–Trinajstić information content (AvgIpc) is 2.82. The molecule has 0 spiro atoms. The molecule has 11 heavy (non-hydrogen) atoms.